The van der Waals surface area contributed by atoms with E-state index in [1.807, 2.05) is 37.6 Å². The van der Waals surface area contributed by atoms with E-state index in [1.165, 1.54) is 0 Å². The summed E-state index contributed by atoms with van der Waals surface area (Å²) in [4.78, 5) is 16.5. The highest BCUT2D eigenvalue weighted by molar-refractivity contribution is 6.35. The summed E-state index contributed by atoms with van der Waals surface area (Å²) in [6, 6.07) is 5.26. The number of nitrogens with zero attached hydrogens (tertiary/aromatic N) is 4. The summed E-state index contributed by atoms with van der Waals surface area (Å²) in [5, 5.41) is 8.66. The second-order valence-corrected chi connectivity index (χ2v) is 7.41. The molecule has 27 heavy (non-hydrogen) atoms. The van der Waals surface area contributed by atoms with Crippen LogP contribution in [0.5, 0.6) is 0 Å². The molecule has 0 aliphatic rings. The molecule has 2 aromatic heterocycles. The van der Waals surface area contributed by atoms with Gasteiger partial charge in [0.15, 0.2) is 0 Å². The minimum atomic E-state index is -0.0458. The van der Waals surface area contributed by atoms with E-state index in [1.54, 1.807) is 29.3 Å². The molecular formula is C19H21Cl2N5O. The number of nitrogens with one attached hydrogen (secondary N) is 1. The van der Waals surface area contributed by atoms with Crippen LogP contribution in [0.2, 0.25) is 10.0 Å². The summed E-state index contributed by atoms with van der Waals surface area (Å²) >= 11 is 12.3. The Morgan fingerprint density at radius 3 is 2.74 bits per heavy atom. The monoisotopic (exact) mass is 405 g/mol. The third-order valence-corrected chi connectivity index (χ3v) is 4.91. The standard InChI is InChI=1S/C19H21Cl2N5O/c1-12(10-25-7-6-22-11-25)23-19(27)9-16-13(2)24-26(14(16)3)18-5-4-15(20)8-17(18)21/h4-8,11-12H,9-10H2,1-3H3,(H,23,27). The van der Waals surface area contributed by atoms with Gasteiger partial charge < -0.3 is 9.88 Å². The summed E-state index contributed by atoms with van der Waals surface area (Å²) in [7, 11) is 0. The van der Waals surface area contributed by atoms with Crippen molar-refractivity contribution in [1.82, 2.24) is 24.6 Å². The predicted octanol–water partition coefficient (Wildman–Crippen LogP) is 3.74. The first-order valence-corrected chi connectivity index (χ1v) is 9.36. The average Bonchev–Trinajstić information content (AvgIpc) is 3.18. The van der Waals surface area contributed by atoms with Gasteiger partial charge in [0.05, 0.1) is 29.2 Å². The van der Waals surface area contributed by atoms with E-state index in [9.17, 15) is 4.79 Å². The number of hydrogen-bond donors (Lipinski definition) is 1. The summed E-state index contributed by atoms with van der Waals surface area (Å²) < 4.78 is 3.69. The highest BCUT2D eigenvalue weighted by Gasteiger charge is 2.18. The first-order chi connectivity index (χ1) is 12.8. The minimum Gasteiger partial charge on any atom is -0.352 e. The number of imidazole rings is 1. The van der Waals surface area contributed by atoms with Crippen LogP contribution in [0.1, 0.15) is 23.9 Å². The number of amides is 1. The zero-order valence-electron chi connectivity index (χ0n) is 15.4. The van der Waals surface area contributed by atoms with Crippen LogP contribution >= 0.6 is 23.2 Å². The molecule has 0 aliphatic carbocycles. The first-order valence-electron chi connectivity index (χ1n) is 8.60. The quantitative estimate of drug-likeness (QED) is 0.678. The fraction of sp³-hybridized carbons (Fsp3) is 0.316. The maximum absolute atomic E-state index is 12.5. The Labute approximate surface area is 168 Å². The van der Waals surface area contributed by atoms with E-state index in [2.05, 4.69) is 15.4 Å². The number of benzene rings is 1. The summed E-state index contributed by atoms with van der Waals surface area (Å²) in [6.45, 7) is 6.46. The fourth-order valence-corrected chi connectivity index (χ4v) is 3.55. The van der Waals surface area contributed by atoms with Gasteiger partial charge in [-0.3, -0.25) is 4.79 Å². The molecule has 1 aromatic carbocycles. The predicted molar refractivity (Wildman–Crippen MR) is 107 cm³/mol. The lowest BCUT2D eigenvalue weighted by Gasteiger charge is -2.14. The zero-order chi connectivity index (χ0) is 19.6. The first kappa shape index (κ1) is 19.5. The van der Waals surface area contributed by atoms with Crippen molar-refractivity contribution in [2.75, 3.05) is 0 Å². The van der Waals surface area contributed by atoms with Crippen LogP contribution in [-0.4, -0.2) is 31.3 Å². The van der Waals surface area contributed by atoms with Gasteiger partial charge in [-0.15, -0.1) is 0 Å². The molecule has 3 rings (SSSR count). The lowest BCUT2D eigenvalue weighted by molar-refractivity contribution is -0.121. The van der Waals surface area contributed by atoms with Crippen LogP contribution in [0.3, 0.4) is 0 Å². The number of carbonyl (C=O) groups excluding carboxylic acids is 1. The van der Waals surface area contributed by atoms with Gasteiger partial charge in [0.25, 0.3) is 0 Å². The zero-order valence-corrected chi connectivity index (χ0v) is 16.9. The van der Waals surface area contributed by atoms with E-state index in [0.717, 1.165) is 22.6 Å². The lowest BCUT2D eigenvalue weighted by atomic mass is 10.1. The van der Waals surface area contributed by atoms with Gasteiger partial charge in [-0.25, -0.2) is 9.67 Å². The lowest BCUT2D eigenvalue weighted by Crippen LogP contribution is -2.36. The van der Waals surface area contributed by atoms with Crippen LogP contribution in [0.4, 0.5) is 0 Å². The Kier molecular flexibility index (Phi) is 5.87. The van der Waals surface area contributed by atoms with Crippen LogP contribution in [0.15, 0.2) is 36.9 Å². The average molecular weight is 406 g/mol. The molecule has 8 heteroatoms. The van der Waals surface area contributed by atoms with Gasteiger partial charge in [0, 0.05) is 41.3 Å². The maximum atomic E-state index is 12.5. The molecule has 1 atom stereocenters. The van der Waals surface area contributed by atoms with Gasteiger partial charge in [0.2, 0.25) is 5.91 Å². The highest BCUT2D eigenvalue weighted by atomic mass is 35.5. The van der Waals surface area contributed by atoms with Crippen LogP contribution in [0.25, 0.3) is 5.69 Å². The van der Waals surface area contributed by atoms with Crippen LogP contribution in [0, 0.1) is 13.8 Å². The Bertz CT molecular complexity index is 949. The van der Waals surface area contributed by atoms with Crippen molar-refractivity contribution >= 4 is 29.1 Å². The van der Waals surface area contributed by atoms with E-state index in [4.69, 9.17) is 23.2 Å². The van der Waals surface area contributed by atoms with Gasteiger partial charge in [-0.2, -0.15) is 5.10 Å². The molecule has 1 unspecified atom stereocenters. The van der Waals surface area contributed by atoms with Gasteiger partial charge in [-0.1, -0.05) is 23.2 Å². The van der Waals surface area contributed by atoms with Gasteiger partial charge in [-0.05, 0) is 39.0 Å². The van der Waals surface area contributed by atoms with E-state index in [0.29, 0.717) is 16.6 Å². The largest absolute Gasteiger partial charge is 0.352 e. The van der Waals surface area contributed by atoms with Gasteiger partial charge >= 0.3 is 0 Å². The third-order valence-electron chi connectivity index (χ3n) is 4.37. The Morgan fingerprint density at radius 1 is 1.30 bits per heavy atom. The number of hydrogen-bond acceptors (Lipinski definition) is 3. The van der Waals surface area contributed by atoms with Crippen molar-refractivity contribution in [2.45, 2.75) is 39.8 Å². The molecule has 142 valence electrons. The van der Waals surface area contributed by atoms with Crippen molar-refractivity contribution in [3.8, 4) is 5.69 Å². The Hall–Kier alpha value is -2.31. The fourth-order valence-electron chi connectivity index (χ4n) is 3.06. The Balaban J connectivity index is 1.73. The molecular weight excluding hydrogens is 385 g/mol. The number of aromatic nitrogens is 4. The summed E-state index contributed by atoms with van der Waals surface area (Å²) in [5.74, 6) is -0.0458. The molecule has 0 radical (unpaired) electrons. The molecule has 3 aromatic rings. The second kappa shape index (κ2) is 8.15. The van der Waals surface area contributed by atoms with Crippen molar-refractivity contribution in [3.05, 3.63) is 63.9 Å². The van der Waals surface area contributed by atoms with Gasteiger partial charge in [0.1, 0.15) is 0 Å². The second-order valence-electron chi connectivity index (χ2n) is 6.56. The topological polar surface area (TPSA) is 64.7 Å². The van der Waals surface area contributed by atoms with Crippen molar-refractivity contribution in [1.29, 1.82) is 0 Å². The normalized spacial score (nSPS) is 12.2. The number of halogens is 2. The van der Waals surface area contributed by atoms with Crippen LogP contribution in [-0.2, 0) is 17.8 Å². The number of aryl methyl sites for hydroxylation is 1. The van der Waals surface area contributed by atoms with Crippen molar-refractivity contribution in [2.24, 2.45) is 0 Å². The maximum Gasteiger partial charge on any atom is 0.224 e. The minimum absolute atomic E-state index is 0.00642. The molecule has 0 bridgehead atoms. The third kappa shape index (κ3) is 4.51. The number of carbonyl (C=O) groups is 1. The molecule has 0 saturated carbocycles. The van der Waals surface area contributed by atoms with Crippen molar-refractivity contribution < 1.29 is 4.79 Å². The smallest absolute Gasteiger partial charge is 0.224 e. The molecule has 2 heterocycles. The molecule has 0 saturated heterocycles. The molecule has 0 aliphatic heterocycles. The Morgan fingerprint density at radius 2 is 2.07 bits per heavy atom. The highest BCUT2D eigenvalue weighted by Crippen LogP contribution is 2.27. The van der Waals surface area contributed by atoms with Crippen LogP contribution < -0.4 is 5.32 Å². The molecule has 1 N–H and O–H groups in total. The number of rotatable bonds is 6. The van der Waals surface area contributed by atoms with E-state index >= 15 is 0 Å². The molecule has 0 fully saturated rings. The molecule has 6 nitrogen and oxygen atoms in total. The summed E-state index contributed by atoms with van der Waals surface area (Å²) in [6.07, 6.45) is 5.59. The summed E-state index contributed by atoms with van der Waals surface area (Å²) in [5.41, 5.74) is 3.32. The molecule has 1 amide bonds. The SMILES string of the molecule is Cc1nn(-c2ccc(Cl)cc2Cl)c(C)c1CC(=O)NC(C)Cn1ccnc1. The molecule has 0 spiro atoms. The van der Waals surface area contributed by atoms with Crippen molar-refractivity contribution in [3.63, 3.8) is 0 Å². The van der Waals surface area contributed by atoms with E-state index < -0.39 is 0 Å². The van der Waals surface area contributed by atoms with E-state index in [-0.39, 0.29) is 18.4 Å².